The Morgan fingerprint density at radius 2 is 1.96 bits per heavy atom. The van der Waals surface area contributed by atoms with Crippen molar-refractivity contribution in [3.05, 3.63) is 75.8 Å². The molecule has 0 saturated heterocycles. The minimum absolute atomic E-state index is 0.144. The van der Waals surface area contributed by atoms with Crippen LogP contribution in [0.4, 0.5) is 0 Å². The monoisotopic (exact) mass is 381 g/mol. The number of rotatable bonds is 4. The summed E-state index contributed by atoms with van der Waals surface area (Å²) >= 11 is 6.16. The van der Waals surface area contributed by atoms with Crippen molar-refractivity contribution < 1.29 is 9.21 Å². The summed E-state index contributed by atoms with van der Waals surface area (Å²) in [4.78, 5) is 29.4. The van der Waals surface area contributed by atoms with Crippen molar-refractivity contribution in [3.8, 4) is 0 Å². The molecule has 0 spiro atoms. The number of halogens is 1. The highest BCUT2D eigenvalue weighted by molar-refractivity contribution is 6.31. The normalized spacial score (nSPS) is 12.4. The van der Waals surface area contributed by atoms with E-state index in [-0.39, 0.29) is 24.1 Å². The molecule has 136 valence electrons. The van der Waals surface area contributed by atoms with Crippen molar-refractivity contribution in [2.75, 3.05) is 0 Å². The molecule has 0 aliphatic rings. The molecule has 2 heterocycles. The van der Waals surface area contributed by atoms with Crippen LogP contribution in [0.5, 0.6) is 0 Å². The molecule has 1 N–H and O–H groups in total. The number of hydrogen-bond acceptors (Lipinski definition) is 4. The van der Waals surface area contributed by atoms with Gasteiger partial charge in [0.25, 0.3) is 5.56 Å². The molecule has 0 aliphatic carbocycles. The molecule has 6 nitrogen and oxygen atoms in total. The number of nitrogens with zero attached hydrogens (tertiary/aromatic N) is 2. The fourth-order valence-electron chi connectivity index (χ4n) is 3.07. The fraction of sp³-hybridized carbons (Fsp3) is 0.150. The van der Waals surface area contributed by atoms with Crippen LogP contribution >= 0.6 is 11.6 Å². The van der Waals surface area contributed by atoms with Crippen LogP contribution in [0.25, 0.3) is 22.1 Å². The summed E-state index contributed by atoms with van der Waals surface area (Å²) in [7, 11) is 0. The predicted molar refractivity (Wildman–Crippen MR) is 104 cm³/mol. The Morgan fingerprint density at radius 1 is 1.22 bits per heavy atom. The van der Waals surface area contributed by atoms with E-state index < -0.39 is 5.56 Å². The quantitative estimate of drug-likeness (QED) is 0.585. The number of carbonyl (C=O) groups excluding carboxylic acids is 1. The molecule has 0 aliphatic heterocycles. The first-order valence-electron chi connectivity index (χ1n) is 8.45. The van der Waals surface area contributed by atoms with E-state index in [2.05, 4.69) is 10.3 Å². The number of fused-ring (bicyclic) bond motifs is 3. The number of furan rings is 1. The minimum Gasteiger partial charge on any atom is -0.448 e. The Bertz CT molecular complexity index is 1210. The van der Waals surface area contributed by atoms with Crippen molar-refractivity contribution in [1.29, 1.82) is 0 Å². The van der Waals surface area contributed by atoms with Gasteiger partial charge in [-0.1, -0.05) is 41.9 Å². The third kappa shape index (κ3) is 3.19. The van der Waals surface area contributed by atoms with Gasteiger partial charge in [0, 0.05) is 10.4 Å². The van der Waals surface area contributed by atoms with Gasteiger partial charge in [0.05, 0.1) is 12.4 Å². The van der Waals surface area contributed by atoms with Crippen LogP contribution in [0.15, 0.2) is 64.1 Å². The third-order valence-corrected chi connectivity index (χ3v) is 4.76. The smallest absolute Gasteiger partial charge is 0.297 e. The number of amides is 1. The van der Waals surface area contributed by atoms with Crippen LogP contribution in [0.2, 0.25) is 5.02 Å². The molecule has 27 heavy (non-hydrogen) atoms. The summed E-state index contributed by atoms with van der Waals surface area (Å²) in [6.45, 7) is 1.68. The molecule has 1 atom stereocenters. The summed E-state index contributed by atoms with van der Waals surface area (Å²) in [5, 5.41) is 4.19. The first-order chi connectivity index (χ1) is 13.0. The molecule has 0 saturated carbocycles. The average Bonchev–Trinajstić information content (AvgIpc) is 3.04. The highest BCUT2D eigenvalue weighted by Crippen LogP contribution is 2.24. The lowest BCUT2D eigenvalue weighted by molar-refractivity contribution is -0.122. The van der Waals surface area contributed by atoms with Crippen LogP contribution in [0.1, 0.15) is 18.5 Å². The van der Waals surface area contributed by atoms with E-state index in [1.54, 1.807) is 12.1 Å². The second-order valence-corrected chi connectivity index (χ2v) is 6.67. The van der Waals surface area contributed by atoms with E-state index in [4.69, 9.17) is 16.0 Å². The van der Waals surface area contributed by atoms with E-state index in [9.17, 15) is 9.59 Å². The van der Waals surface area contributed by atoms with E-state index in [0.717, 1.165) is 10.9 Å². The highest BCUT2D eigenvalue weighted by atomic mass is 35.5. The molecular formula is C20H16ClN3O3. The van der Waals surface area contributed by atoms with Crippen molar-refractivity contribution in [2.24, 2.45) is 0 Å². The number of aromatic nitrogens is 2. The predicted octanol–water partition coefficient (Wildman–Crippen LogP) is 3.67. The van der Waals surface area contributed by atoms with Crippen molar-refractivity contribution in [1.82, 2.24) is 14.9 Å². The highest BCUT2D eigenvalue weighted by Gasteiger charge is 2.16. The first-order valence-corrected chi connectivity index (χ1v) is 8.83. The molecular weight excluding hydrogens is 366 g/mol. The maximum atomic E-state index is 12.7. The average molecular weight is 382 g/mol. The van der Waals surface area contributed by atoms with Crippen molar-refractivity contribution >= 4 is 39.6 Å². The van der Waals surface area contributed by atoms with Crippen molar-refractivity contribution in [3.63, 3.8) is 0 Å². The van der Waals surface area contributed by atoms with Crippen LogP contribution in [0, 0.1) is 0 Å². The maximum Gasteiger partial charge on any atom is 0.297 e. The number of carbonyl (C=O) groups is 1. The SMILES string of the molecule is C[C@H](NC(=O)Cn1cnc2c(oc3ccccc32)c1=O)c1ccccc1Cl. The van der Waals surface area contributed by atoms with Crippen LogP contribution < -0.4 is 10.9 Å². The van der Waals surface area contributed by atoms with E-state index in [1.807, 2.05) is 43.3 Å². The van der Waals surface area contributed by atoms with E-state index in [0.29, 0.717) is 16.1 Å². The van der Waals surface area contributed by atoms with Crippen LogP contribution in [-0.2, 0) is 11.3 Å². The van der Waals surface area contributed by atoms with E-state index in [1.165, 1.54) is 10.9 Å². The van der Waals surface area contributed by atoms with Gasteiger partial charge < -0.3 is 9.73 Å². The zero-order valence-corrected chi connectivity index (χ0v) is 15.2. The lowest BCUT2D eigenvalue weighted by atomic mass is 10.1. The number of para-hydroxylation sites is 1. The summed E-state index contributed by atoms with van der Waals surface area (Å²) in [5.74, 6) is -0.318. The molecule has 0 radical (unpaired) electrons. The standard InChI is InChI=1S/C20H16ClN3O3/c1-12(13-6-2-4-8-15(13)21)23-17(25)10-24-11-22-18-14-7-3-5-9-16(14)27-19(18)20(24)26/h2-9,11-12H,10H2,1H3,(H,23,25)/t12-/m0/s1. The number of nitrogens with one attached hydrogen (secondary N) is 1. The molecule has 0 fully saturated rings. The Balaban J connectivity index is 1.59. The topological polar surface area (TPSA) is 77.1 Å². The molecule has 7 heteroatoms. The second kappa shape index (κ2) is 6.89. The Morgan fingerprint density at radius 3 is 2.78 bits per heavy atom. The Labute approximate surface area is 159 Å². The Kier molecular flexibility index (Phi) is 4.41. The lowest BCUT2D eigenvalue weighted by Gasteiger charge is -2.16. The zero-order chi connectivity index (χ0) is 19.0. The second-order valence-electron chi connectivity index (χ2n) is 6.26. The third-order valence-electron chi connectivity index (χ3n) is 4.41. The lowest BCUT2D eigenvalue weighted by Crippen LogP contribution is -2.33. The van der Waals surface area contributed by atoms with Gasteiger partial charge in [0.1, 0.15) is 17.6 Å². The number of hydrogen-bond donors (Lipinski definition) is 1. The minimum atomic E-state index is -0.392. The van der Waals surface area contributed by atoms with E-state index >= 15 is 0 Å². The summed E-state index contributed by atoms with van der Waals surface area (Å²) in [6.07, 6.45) is 1.37. The first kappa shape index (κ1) is 17.3. The largest absolute Gasteiger partial charge is 0.448 e. The summed E-state index contributed by atoms with van der Waals surface area (Å²) < 4.78 is 6.86. The number of benzene rings is 2. The molecule has 0 unspecified atom stereocenters. The van der Waals surface area contributed by atoms with Gasteiger partial charge in [-0.05, 0) is 30.7 Å². The maximum absolute atomic E-state index is 12.7. The van der Waals surface area contributed by atoms with Crippen LogP contribution in [-0.4, -0.2) is 15.5 Å². The summed E-state index contributed by atoms with van der Waals surface area (Å²) in [6, 6.07) is 14.3. The molecule has 4 aromatic rings. The molecule has 2 aromatic carbocycles. The Hall–Kier alpha value is -3.12. The van der Waals surface area contributed by atoms with Gasteiger partial charge in [0.2, 0.25) is 11.5 Å². The van der Waals surface area contributed by atoms with Gasteiger partial charge >= 0.3 is 0 Å². The fourth-order valence-corrected chi connectivity index (χ4v) is 3.37. The van der Waals surface area contributed by atoms with Crippen molar-refractivity contribution in [2.45, 2.75) is 19.5 Å². The molecule has 1 amide bonds. The van der Waals surface area contributed by atoms with Gasteiger partial charge in [-0.15, -0.1) is 0 Å². The summed E-state index contributed by atoms with van der Waals surface area (Å²) in [5.41, 5.74) is 1.65. The zero-order valence-electron chi connectivity index (χ0n) is 14.5. The molecule has 4 rings (SSSR count). The van der Waals surface area contributed by atoms with Gasteiger partial charge in [-0.2, -0.15) is 0 Å². The van der Waals surface area contributed by atoms with Gasteiger partial charge in [-0.3, -0.25) is 14.2 Å². The molecule has 2 aromatic heterocycles. The van der Waals surface area contributed by atoms with Crippen LogP contribution in [0.3, 0.4) is 0 Å². The molecule has 0 bridgehead atoms. The van der Waals surface area contributed by atoms with Gasteiger partial charge in [0.15, 0.2) is 0 Å². The van der Waals surface area contributed by atoms with Gasteiger partial charge in [-0.25, -0.2) is 4.98 Å².